The minimum Gasteiger partial charge on any atom is -0.503 e. The van der Waals surface area contributed by atoms with Gasteiger partial charge in [0.25, 0.3) is 5.91 Å². The lowest BCUT2D eigenvalue weighted by Gasteiger charge is -2.48. The van der Waals surface area contributed by atoms with E-state index >= 15 is 0 Å². The predicted molar refractivity (Wildman–Crippen MR) is 127 cm³/mol. The summed E-state index contributed by atoms with van der Waals surface area (Å²) in [5.74, 6) is -1.19. The zero-order chi connectivity index (χ0) is 24.6. The van der Waals surface area contributed by atoms with Gasteiger partial charge in [0.15, 0.2) is 17.7 Å². The number of rotatable bonds is 10. The molecule has 1 heterocycles. The fraction of sp³-hybridized carbons (Fsp3) is 0.542. The van der Waals surface area contributed by atoms with Crippen molar-refractivity contribution in [2.45, 2.75) is 39.8 Å². The summed E-state index contributed by atoms with van der Waals surface area (Å²) in [5.41, 5.74) is -0.182. The second-order valence-corrected chi connectivity index (χ2v) is 8.59. The van der Waals surface area contributed by atoms with Crippen molar-refractivity contribution >= 4 is 18.0 Å². The van der Waals surface area contributed by atoms with Crippen LogP contribution in [0.1, 0.15) is 33.3 Å². The quantitative estimate of drug-likeness (QED) is 0.315. The third-order valence-corrected chi connectivity index (χ3v) is 6.14. The van der Waals surface area contributed by atoms with E-state index in [0.29, 0.717) is 17.9 Å². The molecule has 1 saturated heterocycles. The molecule has 1 aromatic carbocycles. The molecule has 0 radical (unpaired) electrons. The molecule has 9 heteroatoms. The molecule has 0 spiro atoms. The first-order valence-corrected chi connectivity index (χ1v) is 11.3. The number of aliphatic hydroxyl groups is 1. The average Bonchev–Trinajstić information content (AvgIpc) is 2.79. The van der Waals surface area contributed by atoms with Gasteiger partial charge in [0, 0.05) is 39.8 Å². The first-order chi connectivity index (χ1) is 15.6. The van der Waals surface area contributed by atoms with E-state index in [1.807, 2.05) is 25.8 Å². The van der Waals surface area contributed by atoms with Crippen molar-refractivity contribution in [1.82, 2.24) is 20.0 Å². The minimum atomic E-state index is -0.733. The number of aliphatic hydroxyl groups excluding tert-OH is 1. The van der Waals surface area contributed by atoms with Crippen LogP contribution in [0.25, 0.3) is 0 Å². The molecule has 1 aromatic rings. The van der Waals surface area contributed by atoms with Crippen LogP contribution in [0.2, 0.25) is 0 Å². The van der Waals surface area contributed by atoms with Gasteiger partial charge in [-0.15, -0.1) is 0 Å². The van der Waals surface area contributed by atoms with E-state index in [0.717, 1.165) is 32.7 Å². The van der Waals surface area contributed by atoms with Gasteiger partial charge in [0.1, 0.15) is 11.7 Å². The lowest BCUT2D eigenvalue weighted by atomic mass is 9.96. The molecule has 1 aliphatic rings. The molecular weight excluding hydrogens is 425 g/mol. The summed E-state index contributed by atoms with van der Waals surface area (Å²) >= 11 is 0. The number of nitrogens with one attached hydrogen (secondary N) is 1. The van der Waals surface area contributed by atoms with Gasteiger partial charge in [-0.25, -0.2) is 9.38 Å². The van der Waals surface area contributed by atoms with Crippen molar-refractivity contribution in [3.63, 3.8) is 0 Å². The van der Waals surface area contributed by atoms with Crippen molar-refractivity contribution in [2.24, 2.45) is 4.99 Å². The Bertz CT molecular complexity index is 879. The monoisotopic (exact) mass is 461 g/mol. The van der Waals surface area contributed by atoms with Gasteiger partial charge in [0.2, 0.25) is 0 Å². The number of allylic oxidation sites excluding steroid dienone is 1. The molecule has 0 aliphatic carbocycles. The Labute approximate surface area is 195 Å². The summed E-state index contributed by atoms with van der Waals surface area (Å²) in [6.07, 6.45) is 0.213. The molecule has 33 heavy (non-hydrogen) atoms. The fourth-order valence-electron chi connectivity index (χ4n) is 3.93. The van der Waals surface area contributed by atoms with Crippen LogP contribution in [0.3, 0.4) is 0 Å². The fourth-order valence-corrected chi connectivity index (χ4v) is 3.93. The lowest BCUT2D eigenvalue weighted by Crippen LogP contribution is -2.63. The number of hydrogen-bond acceptors (Lipinski definition) is 6. The summed E-state index contributed by atoms with van der Waals surface area (Å²) in [6, 6.07) is 5.70. The van der Waals surface area contributed by atoms with Crippen molar-refractivity contribution < 1.29 is 19.1 Å². The van der Waals surface area contributed by atoms with Crippen molar-refractivity contribution in [1.29, 1.82) is 0 Å². The summed E-state index contributed by atoms with van der Waals surface area (Å²) in [5, 5.41) is 12.8. The molecule has 1 fully saturated rings. The summed E-state index contributed by atoms with van der Waals surface area (Å²) in [4.78, 5) is 35.3. The Morgan fingerprint density at radius 3 is 2.45 bits per heavy atom. The second kappa shape index (κ2) is 11.9. The highest BCUT2D eigenvalue weighted by Crippen LogP contribution is 2.24. The maximum atomic E-state index is 13.1. The standard InChI is InChI=1S/C24H36FN5O3/c1-6-29(7-2)13-15-30-14-12-28(5)23(24(30,3)4)27-21(20(32)17-31)22(33)26-16-18-8-10-19(25)11-9-18/h8-11,17,32H,6-7,12-16H2,1-5H3,(H,26,33)/b21-20+,27-23?. The summed E-state index contributed by atoms with van der Waals surface area (Å²) in [7, 11) is 1.88. The molecule has 0 unspecified atom stereocenters. The summed E-state index contributed by atoms with van der Waals surface area (Å²) < 4.78 is 13.1. The van der Waals surface area contributed by atoms with Crippen molar-refractivity contribution in [3.8, 4) is 0 Å². The number of piperazine rings is 1. The second-order valence-electron chi connectivity index (χ2n) is 8.59. The van der Waals surface area contributed by atoms with Gasteiger partial charge in [-0.3, -0.25) is 14.5 Å². The van der Waals surface area contributed by atoms with Crippen LogP contribution < -0.4 is 5.32 Å². The Morgan fingerprint density at radius 1 is 1.24 bits per heavy atom. The Balaban J connectivity index is 2.26. The molecule has 0 aromatic heterocycles. The molecule has 8 nitrogen and oxygen atoms in total. The number of hydrogen-bond donors (Lipinski definition) is 2. The van der Waals surface area contributed by atoms with E-state index in [-0.39, 0.29) is 24.3 Å². The Morgan fingerprint density at radius 2 is 1.88 bits per heavy atom. The predicted octanol–water partition coefficient (Wildman–Crippen LogP) is 2.18. The van der Waals surface area contributed by atoms with Gasteiger partial charge >= 0.3 is 0 Å². The molecule has 1 amide bonds. The highest BCUT2D eigenvalue weighted by Gasteiger charge is 2.39. The number of amidine groups is 1. The number of carbonyl (C=O) groups excluding carboxylic acids is 2. The van der Waals surface area contributed by atoms with Crippen LogP contribution in [-0.4, -0.2) is 89.7 Å². The van der Waals surface area contributed by atoms with E-state index in [1.54, 1.807) is 12.1 Å². The maximum absolute atomic E-state index is 13.1. The lowest BCUT2D eigenvalue weighted by molar-refractivity contribution is -0.118. The third-order valence-electron chi connectivity index (χ3n) is 6.14. The smallest absolute Gasteiger partial charge is 0.274 e. The average molecular weight is 462 g/mol. The highest BCUT2D eigenvalue weighted by atomic mass is 19.1. The van der Waals surface area contributed by atoms with Crippen LogP contribution in [-0.2, 0) is 16.1 Å². The number of aliphatic imine (C=N–C) groups is 1. The molecule has 0 atom stereocenters. The van der Waals surface area contributed by atoms with Crippen LogP contribution in [0.5, 0.6) is 0 Å². The molecule has 0 saturated carbocycles. The Hall–Kier alpha value is -2.78. The van der Waals surface area contributed by atoms with Crippen LogP contribution >= 0.6 is 0 Å². The van der Waals surface area contributed by atoms with E-state index in [4.69, 9.17) is 0 Å². The number of nitrogens with zero attached hydrogens (tertiary/aromatic N) is 4. The number of amides is 1. The number of halogens is 1. The maximum Gasteiger partial charge on any atom is 0.274 e. The number of aldehydes is 1. The van der Waals surface area contributed by atoms with Gasteiger partial charge < -0.3 is 20.2 Å². The van der Waals surface area contributed by atoms with Crippen molar-refractivity contribution in [2.75, 3.05) is 46.3 Å². The van der Waals surface area contributed by atoms with Crippen LogP contribution in [0.15, 0.2) is 40.7 Å². The Kier molecular flexibility index (Phi) is 9.55. The van der Waals surface area contributed by atoms with E-state index in [9.17, 15) is 19.1 Å². The molecule has 2 N–H and O–H groups in total. The van der Waals surface area contributed by atoms with Gasteiger partial charge in [-0.2, -0.15) is 0 Å². The first kappa shape index (κ1) is 26.5. The summed E-state index contributed by atoms with van der Waals surface area (Å²) in [6.45, 7) is 13.6. The molecule has 182 valence electrons. The highest BCUT2D eigenvalue weighted by molar-refractivity contribution is 6.02. The normalized spacial score (nSPS) is 18.4. The largest absolute Gasteiger partial charge is 0.503 e. The zero-order valence-electron chi connectivity index (χ0n) is 20.3. The van der Waals surface area contributed by atoms with Gasteiger partial charge in [0.05, 0.1) is 5.54 Å². The van der Waals surface area contributed by atoms with Crippen LogP contribution in [0.4, 0.5) is 4.39 Å². The van der Waals surface area contributed by atoms with E-state index in [2.05, 4.69) is 34.0 Å². The van der Waals surface area contributed by atoms with E-state index < -0.39 is 17.2 Å². The molecule has 0 bridgehead atoms. The minimum absolute atomic E-state index is 0.106. The van der Waals surface area contributed by atoms with Gasteiger partial charge in [-0.05, 0) is 44.6 Å². The van der Waals surface area contributed by atoms with E-state index in [1.165, 1.54) is 12.1 Å². The SMILES string of the molecule is CCN(CC)CCN1CCN(C)C(=N/C(C(=O)NCc2ccc(F)cc2)=C(/O)C=O)C1(C)C. The first-order valence-electron chi connectivity index (χ1n) is 11.3. The molecule has 1 aliphatic heterocycles. The molecular formula is C24H36FN5O3. The van der Waals surface area contributed by atoms with Crippen molar-refractivity contribution in [3.05, 3.63) is 47.1 Å². The topological polar surface area (TPSA) is 88.5 Å². The number of carbonyl (C=O) groups is 2. The van der Waals surface area contributed by atoms with Gasteiger partial charge in [-0.1, -0.05) is 26.0 Å². The zero-order valence-corrected chi connectivity index (χ0v) is 20.3. The van der Waals surface area contributed by atoms with Crippen LogP contribution in [0, 0.1) is 5.82 Å². The number of benzene rings is 1. The number of likely N-dealkylation sites (N-methyl/N-ethyl adjacent to an activating group) is 2. The third kappa shape index (κ3) is 6.85. The molecule has 2 rings (SSSR count).